The molecule has 0 fully saturated rings. The third-order valence-electron chi connectivity index (χ3n) is 6.86. The number of hydrogen-bond acceptors (Lipinski definition) is 8. The second-order valence-electron chi connectivity index (χ2n) is 9.61. The van der Waals surface area contributed by atoms with Gasteiger partial charge in [-0.1, -0.05) is 36.4 Å². The maximum atomic E-state index is 12.1. The van der Waals surface area contributed by atoms with Gasteiger partial charge in [0.1, 0.15) is 24.0 Å². The molecule has 202 valence electrons. The molecule has 3 aromatic rings. The first kappa shape index (κ1) is 27.5. The zero-order valence-electron chi connectivity index (χ0n) is 22.1. The molecule has 9 nitrogen and oxygen atoms in total. The number of nitrogens with one attached hydrogen (secondary N) is 2. The number of benzene rings is 1. The monoisotopic (exact) mass is 518 g/mol. The summed E-state index contributed by atoms with van der Waals surface area (Å²) in [7, 11) is 1.69. The third-order valence-corrected chi connectivity index (χ3v) is 6.86. The predicted octanol–water partition coefficient (Wildman–Crippen LogP) is 4.12. The summed E-state index contributed by atoms with van der Waals surface area (Å²) in [5.41, 5.74) is 4.15. The number of carboxylic acids is 1. The standard InChI is InChI=1S/C29H38N6O3/c1-38-19-18-35(16-6-5-11-24-13-12-23-10-7-15-31-27(23)33-24)17-14-26(29(36)37)34-28-25(20-30-21-32-28)22-8-3-2-4-9-22/h2-4,8-9,12-13,20-21,26H,5-7,10-11,14-19H2,1H3,(H,31,33)(H,36,37)(H,30,32,34)/t26-/m0/s1. The zero-order chi connectivity index (χ0) is 26.6. The normalized spacial score (nSPS) is 13.5. The Morgan fingerprint density at radius 1 is 1.16 bits per heavy atom. The van der Waals surface area contributed by atoms with Crippen LogP contribution in [-0.2, 0) is 22.4 Å². The number of rotatable bonds is 15. The summed E-state index contributed by atoms with van der Waals surface area (Å²) in [5.74, 6) is 0.664. The largest absolute Gasteiger partial charge is 0.480 e. The van der Waals surface area contributed by atoms with Crippen LogP contribution in [0, 0.1) is 0 Å². The van der Waals surface area contributed by atoms with E-state index in [1.165, 1.54) is 11.9 Å². The number of aliphatic carboxylic acids is 1. The van der Waals surface area contributed by atoms with E-state index in [1.807, 2.05) is 30.3 Å². The highest BCUT2D eigenvalue weighted by Crippen LogP contribution is 2.26. The Bertz CT molecular complexity index is 1160. The molecular weight excluding hydrogens is 480 g/mol. The van der Waals surface area contributed by atoms with E-state index in [4.69, 9.17) is 9.72 Å². The Balaban J connectivity index is 1.30. The summed E-state index contributed by atoms with van der Waals surface area (Å²) in [6.45, 7) is 3.87. The van der Waals surface area contributed by atoms with Crippen LogP contribution >= 0.6 is 0 Å². The first-order valence-corrected chi connectivity index (χ1v) is 13.4. The number of anilines is 2. The molecule has 0 aliphatic carbocycles. The Morgan fingerprint density at radius 2 is 2.03 bits per heavy atom. The van der Waals surface area contributed by atoms with Crippen LogP contribution in [0.1, 0.15) is 36.9 Å². The predicted molar refractivity (Wildman–Crippen MR) is 149 cm³/mol. The zero-order valence-corrected chi connectivity index (χ0v) is 22.1. The average molecular weight is 519 g/mol. The van der Waals surface area contributed by atoms with E-state index < -0.39 is 12.0 Å². The van der Waals surface area contributed by atoms with Crippen LogP contribution in [0.25, 0.3) is 11.1 Å². The second-order valence-corrected chi connectivity index (χ2v) is 9.61. The van der Waals surface area contributed by atoms with Gasteiger partial charge in [-0.2, -0.15) is 0 Å². The van der Waals surface area contributed by atoms with Crippen molar-refractivity contribution in [3.05, 3.63) is 66.2 Å². The lowest BCUT2D eigenvalue weighted by Crippen LogP contribution is -2.37. The molecule has 1 atom stereocenters. The molecule has 3 heterocycles. The molecule has 38 heavy (non-hydrogen) atoms. The molecule has 0 saturated heterocycles. The highest BCUT2D eigenvalue weighted by molar-refractivity contribution is 5.81. The van der Waals surface area contributed by atoms with E-state index in [0.29, 0.717) is 25.4 Å². The Labute approximate surface area is 224 Å². The van der Waals surface area contributed by atoms with Gasteiger partial charge in [-0.05, 0) is 62.3 Å². The number of aromatic nitrogens is 3. The second kappa shape index (κ2) is 14.4. The van der Waals surface area contributed by atoms with Crippen molar-refractivity contribution >= 4 is 17.6 Å². The van der Waals surface area contributed by atoms with Crippen LogP contribution in [-0.4, -0.2) is 76.9 Å². The summed E-state index contributed by atoms with van der Waals surface area (Å²) in [4.78, 5) is 27.7. The van der Waals surface area contributed by atoms with E-state index in [0.717, 1.165) is 74.4 Å². The summed E-state index contributed by atoms with van der Waals surface area (Å²) in [5, 5.41) is 16.5. The molecule has 0 unspecified atom stereocenters. The van der Waals surface area contributed by atoms with E-state index >= 15 is 0 Å². The number of carbonyl (C=O) groups is 1. The van der Waals surface area contributed by atoms with Crippen molar-refractivity contribution in [2.24, 2.45) is 0 Å². The van der Waals surface area contributed by atoms with Crippen molar-refractivity contribution < 1.29 is 14.6 Å². The van der Waals surface area contributed by atoms with Crippen LogP contribution in [0.5, 0.6) is 0 Å². The van der Waals surface area contributed by atoms with Crippen LogP contribution in [0.15, 0.2) is 55.0 Å². The van der Waals surface area contributed by atoms with E-state index in [2.05, 4.69) is 37.6 Å². The van der Waals surface area contributed by atoms with Crippen molar-refractivity contribution in [2.75, 3.05) is 50.5 Å². The van der Waals surface area contributed by atoms with Crippen molar-refractivity contribution in [1.82, 2.24) is 19.9 Å². The van der Waals surface area contributed by atoms with Crippen molar-refractivity contribution in [2.45, 2.75) is 44.6 Å². The smallest absolute Gasteiger partial charge is 0.326 e. The van der Waals surface area contributed by atoms with Gasteiger partial charge in [0.05, 0.1) is 6.61 Å². The van der Waals surface area contributed by atoms with Crippen molar-refractivity contribution in [1.29, 1.82) is 0 Å². The molecule has 0 saturated carbocycles. The summed E-state index contributed by atoms with van der Waals surface area (Å²) in [6, 6.07) is 13.3. The molecule has 4 rings (SSSR count). The number of aryl methyl sites for hydroxylation is 2. The fourth-order valence-electron chi connectivity index (χ4n) is 4.71. The number of ether oxygens (including phenoxy) is 1. The molecule has 0 radical (unpaired) electrons. The topological polar surface area (TPSA) is 113 Å². The molecule has 9 heteroatoms. The van der Waals surface area contributed by atoms with Crippen LogP contribution in [0.4, 0.5) is 11.6 Å². The highest BCUT2D eigenvalue weighted by atomic mass is 16.5. The number of unbranched alkanes of at least 4 members (excludes halogenated alkanes) is 1. The lowest BCUT2D eigenvalue weighted by molar-refractivity contribution is -0.138. The fourth-order valence-corrected chi connectivity index (χ4v) is 4.71. The summed E-state index contributed by atoms with van der Waals surface area (Å²) < 4.78 is 5.31. The van der Waals surface area contributed by atoms with Crippen molar-refractivity contribution in [3.8, 4) is 11.1 Å². The van der Waals surface area contributed by atoms with Crippen LogP contribution in [0.3, 0.4) is 0 Å². The van der Waals surface area contributed by atoms with E-state index in [1.54, 1.807) is 13.3 Å². The molecule has 2 aromatic heterocycles. The molecule has 3 N–H and O–H groups in total. The third kappa shape index (κ3) is 7.97. The van der Waals surface area contributed by atoms with Gasteiger partial charge in [0, 0.05) is 44.2 Å². The lowest BCUT2D eigenvalue weighted by Gasteiger charge is -2.24. The summed E-state index contributed by atoms with van der Waals surface area (Å²) in [6.07, 6.45) is 8.81. The number of carboxylic acid groups (broad SMARTS) is 1. The maximum absolute atomic E-state index is 12.1. The van der Waals surface area contributed by atoms with Gasteiger partial charge in [-0.15, -0.1) is 0 Å². The van der Waals surface area contributed by atoms with E-state index in [-0.39, 0.29) is 0 Å². The number of methoxy groups -OCH3 is 1. The van der Waals surface area contributed by atoms with Gasteiger partial charge >= 0.3 is 5.97 Å². The summed E-state index contributed by atoms with van der Waals surface area (Å²) >= 11 is 0. The SMILES string of the molecule is COCCN(CCCCc1ccc2c(n1)NCCC2)CC[C@H](Nc1ncncc1-c1ccccc1)C(=O)O. The van der Waals surface area contributed by atoms with Gasteiger partial charge in [0.2, 0.25) is 0 Å². The average Bonchev–Trinajstić information content (AvgIpc) is 2.96. The number of fused-ring (bicyclic) bond motifs is 1. The first-order chi connectivity index (χ1) is 18.6. The molecule has 1 aliphatic rings. The number of hydrogen-bond donors (Lipinski definition) is 3. The lowest BCUT2D eigenvalue weighted by atomic mass is 10.1. The quantitative estimate of drug-likeness (QED) is 0.256. The Kier molecular flexibility index (Phi) is 10.4. The maximum Gasteiger partial charge on any atom is 0.326 e. The molecule has 0 spiro atoms. The van der Waals surface area contributed by atoms with Gasteiger partial charge in [0.15, 0.2) is 0 Å². The fraction of sp³-hybridized carbons (Fsp3) is 0.448. The van der Waals surface area contributed by atoms with E-state index in [9.17, 15) is 9.90 Å². The minimum Gasteiger partial charge on any atom is -0.480 e. The minimum absolute atomic E-state index is 0.440. The van der Waals surface area contributed by atoms with Gasteiger partial charge in [0.25, 0.3) is 0 Å². The van der Waals surface area contributed by atoms with Crippen molar-refractivity contribution in [3.63, 3.8) is 0 Å². The Hall–Kier alpha value is -3.56. The van der Waals surface area contributed by atoms with Crippen LogP contribution in [0.2, 0.25) is 0 Å². The van der Waals surface area contributed by atoms with Gasteiger partial charge < -0.3 is 25.4 Å². The van der Waals surface area contributed by atoms with Crippen LogP contribution < -0.4 is 10.6 Å². The molecule has 0 bridgehead atoms. The molecule has 1 aliphatic heterocycles. The molecule has 0 amide bonds. The highest BCUT2D eigenvalue weighted by Gasteiger charge is 2.21. The number of pyridine rings is 1. The number of nitrogens with zero attached hydrogens (tertiary/aromatic N) is 4. The molecule has 1 aromatic carbocycles. The Morgan fingerprint density at radius 3 is 2.84 bits per heavy atom. The first-order valence-electron chi connectivity index (χ1n) is 13.4. The van der Waals surface area contributed by atoms with Gasteiger partial charge in [-0.25, -0.2) is 19.7 Å². The molecular formula is C29H38N6O3. The minimum atomic E-state index is -0.901. The van der Waals surface area contributed by atoms with Gasteiger partial charge in [-0.3, -0.25) is 0 Å².